The molecule has 1 saturated carbocycles. The molecule has 6 heteroatoms. The molecular formula is C20H28N4O2. The number of nitrogens with zero attached hydrogens (tertiary/aromatic N) is 3. The molecule has 1 N–H and O–H groups in total. The van der Waals surface area contributed by atoms with Crippen LogP contribution in [0.25, 0.3) is 10.9 Å². The van der Waals surface area contributed by atoms with Crippen LogP contribution in [-0.2, 0) is 11.3 Å². The smallest absolute Gasteiger partial charge is 0.322 e. The number of hydrogen-bond donors (Lipinski definition) is 1. The molecule has 1 aliphatic carbocycles. The highest BCUT2D eigenvalue weighted by Gasteiger charge is 2.35. The molecule has 0 bridgehead atoms. The summed E-state index contributed by atoms with van der Waals surface area (Å²) >= 11 is 0. The van der Waals surface area contributed by atoms with Crippen LogP contribution in [0.15, 0.2) is 24.4 Å². The second-order valence-electron chi connectivity index (χ2n) is 7.51. The van der Waals surface area contributed by atoms with Gasteiger partial charge >= 0.3 is 6.03 Å². The first kappa shape index (κ1) is 17.3. The molecule has 2 heterocycles. The van der Waals surface area contributed by atoms with Gasteiger partial charge < -0.3 is 15.0 Å². The number of likely N-dealkylation sites (tertiary alicyclic amines) is 1. The molecule has 2 fully saturated rings. The number of ether oxygens (including phenoxy) is 1. The molecular weight excluding hydrogens is 328 g/mol. The van der Waals surface area contributed by atoms with Gasteiger partial charge in [0, 0.05) is 30.8 Å². The van der Waals surface area contributed by atoms with Gasteiger partial charge in [-0.1, -0.05) is 12.8 Å². The Labute approximate surface area is 154 Å². The summed E-state index contributed by atoms with van der Waals surface area (Å²) in [6.45, 7) is 2.19. The number of anilines is 1. The van der Waals surface area contributed by atoms with Gasteiger partial charge in [0.05, 0.1) is 24.9 Å². The molecule has 6 nitrogen and oxygen atoms in total. The van der Waals surface area contributed by atoms with E-state index in [0.29, 0.717) is 25.1 Å². The maximum absolute atomic E-state index is 12.9. The predicted molar refractivity (Wildman–Crippen MR) is 102 cm³/mol. The normalized spacial score (nSPS) is 21.0. The molecule has 1 aromatic heterocycles. The number of amides is 2. The molecule has 2 aliphatic rings. The van der Waals surface area contributed by atoms with Crippen molar-refractivity contribution in [1.29, 1.82) is 0 Å². The molecule has 4 rings (SSSR count). The van der Waals surface area contributed by atoms with Crippen LogP contribution in [0.5, 0.6) is 0 Å². The zero-order chi connectivity index (χ0) is 17.9. The van der Waals surface area contributed by atoms with Gasteiger partial charge in [-0.25, -0.2) is 4.79 Å². The molecule has 2 amide bonds. The van der Waals surface area contributed by atoms with Gasteiger partial charge in [0.15, 0.2) is 0 Å². The van der Waals surface area contributed by atoms with Crippen LogP contribution in [0, 0.1) is 5.92 Å². The van der Waals surface area contributed by atoms with Gasteiger partial charge in [-0.3, -0.25) is 4.68 Å². The zero-order valence-electron chi connectivity index (χ0n) is 15.5. The SMILES string of the molecule is COCCn1ncc2ccc(NC(=O)N3CCC[C@@H]3C3CCCC3)cc21. The van der Waals surface area contributed by atoms with Crippen molar-refractivity contribution < 1.29 is 9.53 Å². The Kier molecular flexibility index (Phi) is 5.11. The Morgan fingerprint density at radius 2 is 2.12 bits per heavy atom. The van der Waals surface area contributed by atoms with Crippen molar-refractivity contribution in [2.75, 3.05) is 25.6 Å². The van der Waals surface area contributed by atoms with Gasteiger partial charge in [0.1, 0.15) is 0 Å². The largest absolute Gasteiger partial charge is 0.383 e. The predicted octanol–water partition coefficient (Wildman–Crippen LogP) is 3.87. The Morgan fingerprint density at radius 3 is 2.92 bits per heavy atom. The summed E-state index contributed by atoms with van der Waals surface area (Å²) in [6, 6.07) is 6.45. The van der Waals surface area contributed by atoms with E-state index in [4.69, 9.17) is 4.74 Å². The summed E-state index contributed by atoms with van der Waals surface area (Å²) in [7, 11) is 1.69. The van der Waals surface area contributed by atoms with Gasteiger partial charge in [-0.15, -0.1) is 0 Å². The lowest BCUT2D eigenvalue weighted by atomic mass is 9.96. The maximum atomic E-state index is 12.9. The van der Waals surface area contributed by atoms with Crippen LogP contribution in [0.2, 0.25) is 0 Å². The first-order valence-corrected chi connectivity index (χ1v) is 9.78. The lowest BCUT2D eigenvalue weighted by Crippen LogP contribution is -2.41. The molecule has 2 aromatic rings. The zero-order valence-corrected chi connectivity index (χ0v) is 15.5. The Bertz CT molecular complexity index is 766. The monoisotopic (exact) mass is 356 g/mol. The highest BCUT2D eigenvalue weighted by Crippen LogP contribution is 2.35. The quantitative estimate of drug-likeness (QED) is 0.885. The van der Waals surface area contributed by atoms with Crippen molar-refractivity contribution in [1.82, 2.24) is 14.7 Å². The van der Waals surface area contributed by atoms with Crippen molar-refractivity contribution in [3.8, 4) is 0 Å². The van der Waals surface area contributed by atoms with E-state index in [9.17, 15) is 4.79 Å². The fourth-order valence-corrected chi connectivity index (χ4v) is 4.58. The standard InChI is InChI=1S/C20H28N4O2/c1-26-12-11-24-19-13-17(9-8-16(19)14-21-24)22-20(25)23-10-4-7-18(23)15-5-2-3-6-15/h8-9,13-15,18H,2-7,10-12H2,1H3,(H,22,25)/t18-/m1/s1. The number of aromatic nitrogens is 2. The van der Waals surface area contributed by atoms with Crippen LogP contribution in [0.3, 0.4) is 0 Å². The van der Waals surface area contributed by atoms with Gasteiger partial charge in [0.2, 0.25) is 0 Å². The van der Waals surface area contributed by atoms with Gasteiger partial charge in [-0.05, 0) is 49.8 Å². The highest BCUT2D eigenvalue weighted by atomic mass is 16.5. The summed E-state index contributed by atoms with van der Waals surface area (Å²) < 4.78 is 7.07. The number of carbonyl (C=O) groups is 1. The van der Waals surface area contributed by atoms with Crippen LogP contribution in [0.1, 0.15) is 38.5 Å². The van der Waals surface area contributed by atoms with Crippen LogP contribution in [0.4, 0.5) is 10.5 Å². The fraction of sp³-hybridized carbons (Fsp3) is 0.600. The minimum absolute atomic E-state index is 0.0432. The molecule has 1 aliphatic heterocycles. The van der Waals surface area contributed by atoms with Gasteiger partial charge in [-0.2, -0.15) is 5.10 Å². The van der Waals surface area contributed by atoms with E-state index >= 15 is 0 Å². The van der Waals surface area contributed by atoms with Crippen molar-refractivity contribution in [2.45, 2.75) is 51.1 Å². The number of fused-ring (bicyclic) bond motifs is 1. The summed E-state index contributed by atoms with van der Waals surface area (Å²) in [5.41, 5.74) is 1.85. The minimum Gasteiger partial charge on any atom is -0.383 e. The number of hydrogen-bond acceptors (Lipinski definition) is 3. The van der Waals surface area contributed by atoms with E-state index in [-0.39, 0.29) is 6.03 Å². The summed E-state index contributed by atoms with van der Waals surface area (Å²) in [5.74, 6) is 0.696. The topological polar surface area (TPSA) is 59.4 Å². The lowest BCUT2D eigenvalue weighted by molar-refractivity contribution is 0.184. The number of rotatable bonds is 5. The van der Waals surface area contributed by atoms with Crippen LogP contribution in [-0.4, -0.2) is 47.0 Å². The number of methoxy groups -OCH3 is 1. The number of urea groups is 1. The third-order valence-electron chi connectivity index (χ3n) is 5.91. The van der Waals surface area contributed by atoms with Crippen molar-refractivity contribution in [3.63, 3.8) is 0 Å². The van der Waals surface area contributed by atoms with E-state index in [0.717, 1.165) is 36.0 Å². The number of nitrogens with one attached hydrogen (secondary N) is 1. The average molecular weight is 356 g/mol. The molecule has 1 saturated heterocycles. The van der Waals surface area contributed by atoms with E-state index in [1.54, 1.807) is 7.11 Å². The van der Waals surface area contributed by atoms with Gasteiger partial charge in [0.25, 0.3) is 0 Å². The second kappa shape index (κ2) is 7.66. The van der Waals surface area contributed by atoms with Crippen molar-refractivity contribution in [2.24, 2.45) is 5.92 Å². The van der Waals surface area contributed by atoms with Crippen LogP contribution >= 0.6 is 0 Å². The molecule has 1 atom stereocenters. The molecule has 26 heavy (non-hydrogen) atoms. The molecule has 1 aromatic carbocycles. The highest BCUT2D eigenvalue weighted by molar-refractivity contribution is 5.92. The van der Waals surface area contributed by atoms with Crippen molar-refractivity contribution in [3.05, 3.63) is 24.4 Å². The first-order chi connectivity index (χ1) is 12.8. The van der Waals surface area contributed by atoms with Crippen LogP contribution < -0.4 is 5.32 Å². The summed E-state index contributed by atoms with van der Waals surface area (Å²) in [5, 5.41) is 8.60. The summed E-state index contributed by atoms with van der Waals surface area (Å²) in [4.78, 5) is 15.0. The summed E-state index contributed by atoms with van der Waals surface area (Å²) in [6.07, 6.45) is 9.32. The molecule has 0 spiro atoms. The maximum Gasteiger partial charge on any atom is 0.322 e. The Balaban J connectivity index is 1.48. The van der Waals surface area contributed by atoms with E-state index in [1.807, 2.05) is 29.1 Å². The van der Waals surface area contributed by atoms with E-state index in [2.05, 4.69) is 15.3 Å². The average Bonchev–Trinajstić information content (AvgIpc) is 3.39. The Hall–Kier alpha value is -2.08. The third kappa shape index (κ3) is 3.43. The number of benzene rings is 1. The minimum atomic E-state index is 0.0432. The van der Waals surface area contributed by atoms with E-state index < -0.39 is 0 Å². The van der Waals surface area contributed by atoms with E-state index in [1.165, 1.54) is 25.7 Å². The van der Waals surface area contributed by atoms with Crippen molar-refractivity contribution >= 4 is 22.6 Å². The second-order valence-corrected chi connectivity index (χ2v) is 7.51. The molecule has 0 radical (unpaired) electrons. The third-order valence-corrected chi connectivity index (χ3v) is 5.91. The fourth-order valence-electron chi connectivity index (χ4n) is 4.58. The lowest BCUT2D eigenvalue weighted by Gasteiger charge is -2.29. The first-order valence-electron chi connectivity index (χ1n) is 9.78. The molecule has 0 unspecified atom stereocenters. The molecule has 140 valence electrons. The Morgan fingerprint density at radius 1 is 1.27 bits per heavy atom. The number of carbonyl (C=O) groups excluding carboxylic acids is 1.